The zero-order chi connectivity index (χ0) is 11.2. The number of hydrogen-bond donors (Lipinski definition) is 1. The summed E-state index contributed by atoms with van der Waals surface area (Å²) in [6, 6.07) is 5.29. The lowest BCUT2D eigenvalue weighted by molar-refractivity contribution is -0.164. The molecule has 0 saturated carbocycles. The zero-order valence-corrected chi connectivity index (χ0v) is 7.32. The molecule has 15 heavy (non-hydrogen) atoms. The maximum absolute atomic E-state index is 12.5. The number of nitrogens with zero attached hydrogens (tertiary/aromatic N) is 1. The number of hydrogen-bond acceptors (Lipinski definition) is 2. The van der Waals surface area contributed by atoms with Gasteiger partial charge in [0.15, 0.2) is 5.92 Å². The number of para-hydroxylation sites is 1. The Balaban J connectivity index is 2.57. The second kappa shape index (κ2) is 2.96. The van der Waals surface area contributed by atoms with Crippen molar-refractivity contribution >= 4 is 11.6 Å². The predicted molar refractivity (Wildman–Crippen MR) is 44.5 cm³/mol. The summed E-state index contributed by atoms with van der Waals surface area (Å²) in [6.07, 6.45) is -4.68. The lowest BCUT2D eigenvalue weighted by Gasteiger charge is -2.13. The largest absolute Gasteiger partial charge is 0.404 e. The molecule has 1 aromatic carbocycles. The summed E-state index contributed by atoms with van der Waals surface area (Å²) in [7, 11) is 0. The number of benzene rings is 1. The van der Waals surface area contributed by atoms with E-state index >= 15 is 0 Å². The number of hydroxylamine groups is 1. The average Bonchev–Trinajstić information content (AvgIpc) is 2.39. The van der Waals surface area contributed by atoms with Crippen molar-refractivity contribution in [3.05, 3.63) is 29.8 Å². The molecular formula is C9H6F3NO2. The highest BCUT2D eigenvalue weighted by Crippen LogP contribution is 2.45. The van der Waals surface area contributed by atoms with Crippen molar-refractivity contribution in [1.82, 2.24) is 0 Å². The van der Waals surface area contributed by atoms with Gasteiger partial charge < -0.3 is 0 Å². The van der Waals surface area contributed by atoms with Crippen molar-refractivity contribution in [2.75, 3.05) is 5.06 Å². The normalized spacial score (nSPS) is 20.7. The van der Waals surface area contributed by atoms with E-state index in [1.807, 2.05) is 0 Å². The van der Waals surface area contributed by atoms with Gasteiger partial charge in [-0.3, -0.25) is 10.0 Å². The summed E-state index contributed by atoms with van der Waals surface area (Å²) in [5, 5.41) is 9.22. The van der Waals surface area contributed by atoms with Crippen LogP contribution < -0.4 is 5.06 Å². The van der Waals surface area contributed by atoms with Crippen molar-refractivity contribution in [2.24, 2.45) is 0 Å². The number of carbonyl (C=O) groups is 1. The standard InChI is InChI=1S/C9H6F3NO2/c10-9(11,12)7-5-3-1-2-4-6(5)13(15)8(7)14/h1-4,7,15H. The van der Waals surface area contributed by atoms with Crippen molar-refractivity contribution in [2.45, 2.75) is 12.1 Å². The van der Waals surface area contributed by atoms with Crippen LogP contribution in [0.15, 0.2) is 24.3 Å². The van der Waals surface area contributed by atoms with Gasteiger partial charge in [0.2, 0.25) is 0 Å². The fourth-order valence-electron chi connectivity index (χ4n) is 1.61. The third-order valence-electron chi connectivity index (χ3n) is 2.26. The van der Waals surface area contributed by atoms with Gasteiger partial charge >= 0.3 is 6.18 Å². The number of alkyl halides is 3. The van der Waals surface area contributed by atoms with Crippen LogP contribution in [0.4, 0.5) is 18.9 Å². The molecule has 0 saturated heterocycles. The van der Waals surface area contributed by atoms with Crippen LogP contribution in [0.25, 0.3) is 0 Å². The summed E-state index contributed by atoms with van der Waals surface area (Å²) in [6.45, 7) is 0. The van der Waals surface area contributed by atoms with Crippen molar-refractivity contribution < 1.29 is 23.2 Å². The van der Waals surface area contributed by atoms with Gasteiger partial charge in [-0.1, -0.05) is 18.2 Å². The maximum Gasteiger partial charge on any atom is 0.404 e. The van der Waals surface area contributed by atoms with Crippen LogP contribution in [0.2, 0.25) is 0 Å². The molecule has 1 N–H and O–H groups in total. The van der Waals surface area contributed by atoms with Crippen LogP contribution in [0, 0.1) is 0 Å². The Labute approximate surface area is 82.7 Å². The van der Waals surface area contributed by atoms with E-state index in [-0.39, 0.29) is 16.3 Å². The molecule has 1 aliphatic rings. The number of fused-ring (bicyclic) bond motifs is 1. The highest BCUT2D eigenvalue weighted by molar-refractivity contribution is 6.03. The molecule has 2 rings (SSSR count). The van der Waals surface area contributed by atoms with Gasteiger partial charge in [0.05, 0.1) is 5.69 Å². The Morgan fingerprint density at radius 2 is 1.87 bits per heavy atom. The van der Waals surface area contributed by atoms with Crippen LogP contribution in [0.3, 0.4) is 0 Å². The van der Waals surface area contributed by atoms with Gasteiger partial charge in [0.1, 0.15) is 0 Å². The second-order valence-electron chi connectivity index (χ2n) is 3.18. The molecule has 1 aromatic rings. The van der Waals surface area contributed by atoms with Gasteiger partial charge in [-0.25, -0.2) is 0 Å². The molecule has 0 fully saturated rings. The van der Waals surface area contributed by atoms with Crippen LogP contribution in [0.1, 0.15) is 11.5 Å². The molecule has 1 unspecified atom stereocenters. The van der Waals surface area contributed by atoms with Gasteiger partial charge in [0.25, 0.3) is 5.91 Å². The van der Waals surface area contributed by atoms with Crippen molar-refractivity contribution in [3.8, 4) is 0 Å². The van der Waals surface area contributed by atoms with E-state index in [1.165, 1.54) is 24.3 Å². The summed E-state index contributed by atoms with van der Waals surface area (Å²) < 4.78 is 37.5. The number of amides is 1. The molecule has 0 radical (unpaired) electrons. The number of carbonyl (C=O) groups excluding carboxylic acids is 1. The first-order chi connectivity index (χ1) is 6.93. The minimum absolute atomic E-state index is 0.0491. The molecule has 1 amide bonds. The minimum Gasteiger partial charge on any atom is -0.281 e. The summed E-state index contributed by atoms with van der Waals surface area (Å²) in [5.74, 6) is -3.61. The topological polar surface area (TPSA) is 40.5 Å². The van der Waals surface area contributed by atoms with E-state index in [1.54, 1.807) is 0 Å². The zero-order valence-electron chi connectivity index (χ0n) is 7.32. The van der Waals surface area contributed by atoms with Gasteiger partial charge in [0, 0.05) is 0 Å². The number of anilines is 1. The molecule has 1 heterocycles. The van der Waals surface area contributed by atoms with E-state index in [2.05, 4.69) is 0 Å². The SMILES string of the molecule is O=C1C(C(F)(F)F)c2ccccc2N1O. The van der Waals surface area contributed by atoms with E-state index in [0.29, 0.717) is 0 Å². The first kappa shape index (κ1) is 9.97. The fourth-order valence-corrected chi connectivity index (χ4v) is 1.61. The fraction of sp³-hybridized carbons (Fsp3) is 0.222. The van der Waals surface area contributed by atoms with Gasteiger partial charge in [-0.05, 0) is 11.6 Å². The highest BCUT2D eigenvalue weighted by atomic mass is 19.4. The number of halogens is 3. The summed E-state index contributed by atoms with van der Waals surface area (Å²) in [4.78, 5) is 11.2. The van der Waals surface area contributed by atoms with E-state index in [9.17, 15) is 18.0 Å². The molecule has 3 nitrogen and oxygen atoms in total. The molecule has 80 valence electrons. The molecule has 1 atom stereocenters. The van der Waals surface area contributed by atoms with E-state index in [0.717, 1.165) is 0 Å². The summed E-state index contributed by atoms with van der Waals surface area (Å²) >= 11 is 0. The maximum atomic E-state index is 12.5. The quantitative estimate of drug-likeness (QED) is 0.676. The highest BCUT2D eigenvalue weighted by Gasteiger charge is 2.53. The molecule has 0 bridgehead atoms. The van der Waals surface area contributed by atoms with E-state index < -0.39 is 18.0 Å². The Kier molecular flexibility index (Phi) is 1.97. The number of rotatable bonds is 0. The average molecular weight is 217 g/mol. The lowest BCUT2D eigenvalue weighted by Crippen LogP contribution is -2.32. The van der Waals surface area contributed by atoms with Crippen LogP contribution in [0.5, 0.6) is 0 Å². The Hall–Kier alpha value is -1.56. The Bertz CT molecular complexity index is 416. The van der Waals surface area contributed by atoms with Crippen molar-refractivity contribution in [1.29, 1.82) is 0 Å². The lowest BCUT2D eigenvalue weighted by atomic mass is 10.0. The van der Waals surface area contributed by atoms with Gasteiger partial charge in [-0.2, -0.15) is 18.2 Å². The smallest absolute Gasteiger partial charge is 0.281 e. The van der Waals surface area contributed by atoms with Crippen molar-refractivity contribution in [3.63, 3.8) is 0 Å². The Morgan fingerprint density at radius 1 is 1.27 bits per heavy atom. The monoisotopic (exact) mass is 217 g/mol. The molecule has 6 heteroatoms. The Morgan fingerprint density at radius 3 is 2.47 bits per heavy atom. The van der Waals surface area contributed by atoms with Crippen LogP contribution >= 0.6 is 0 Å². The predicted octanol–water partition coefficient (Wildman–Crippen LogP) is 2.07. The first-order valence-electron chi connectivity index (χ1n) is 4.11. The third-order valence-corrected chi connectivity index (χ3v) is 2.26. The van der Waals surface area contributed by atoms with Crippen LogP contribution in [-0.2, 0) is 4.79 Å². The van der Waals surface area contributed by atoms with E-state index in [4.69, 9.17) is 5.21 Å². The molecule has 0 aliphatic carbocycles. The molecular weight excluding hydrogens is 211 g/mol. The molecule has 1 aliphatic heterocycles. The van der Waals surface area contributed by atoms with Crippen LogP contribution in [-0.4, -0.2) is 17.3 Å². The first-order valence-corrected chi connectivity index (χ1v) is 4.11. The third kappa shape index (κ3) is 1.37. The molecule has 0 spiro atoms. The second-order valence-corrected chi connectivity index (χ2v) is 3.18. The summed E-state index contributed by atoms with van der Waals surface area (Å²) in [5.41, 5.74) is -0.317. The molecule has 0 aromatic heterocycles. The van der Waals surface area contributed by atoms with Gasteiger partial charge in [-0.15, -0.1) is 0 Å². The minimum atomic E-state index is -4.68.